The summed E-state index contributed by atoms with van der Waals surface area (Å²) >= 11 is 13.0. The summed E-state index contributed by atoms with van der Waals surface area (Å²) in [7, 11) is 0. The highest BCUT2D eigenvalue weighted by atomic mass is 35.5. The highest BCUT2D eigenvalue weighted by Crippen LogP contribution is 2.62. The van der Waals surface area contributed by atoms with Crippen LogP contribution in [0.3, 0.4) is 0 Å². The highest BCUT2D eigenvalue weighted by Gasteiger charge is 2.72. The summed E-state index contributed by atoms with van der Waals surface area (Å²) in [6.45, 7) is 0.579. The number of halogens is 2. The molecule has 0 bridgehead atoms. The molecule has 0 radical (unpaired) electrons. The number of hydrogen-bond acceptors (Lipinski definition) is 8. The number of fused-ring (bicyclic) bond motifs is 4. The molecule has 4 aromatic rings. The minimum absolute atomic E-state index is 0.174. The number of anilines is 2. The van der Waals surface area contributed by atoms with Crippen LogP contribution in [-0.2, 0) is 31.1 Å². The first-order valence-electron chi connectivity index (χ1n) is 20.9. The number of hydrogen-bond donors (Lipinski definition) is 5. The van der Waals surface area contributed by atoms with Crippen LogP contribution in [-0.4, -0.2) is 69.5 Å². The Kier molecular flexibility index (Phi) is 11.1. The quantitative estimate of drug-likeness (QED) is 0.0814. The van der Waals surface area contributed by atoms with Crippen molar-refractivity contribution >= 4 is 70.0 Å². The van der Waals surface area contributed by atoms with E-state index in [1.807, 2.05) is 30.3 Å². The van der Waals surface area contributed by atoms with Gasteiger partial charge in [-0.2, -0.15) is 0 Å². The van der Waals surface area contributed by atoms with Crippen LogP contribution < -0.4 is 26.6 Å². The van der Waals surface area contributed by atoms with E-state index in [0.717, 1.165) is 36.0 Å². The standard InChI is InChI=1S/C47H43Cl2N7O6/c48-29-12-7-11-28(23-29)39-40(55-46(20-4-2-5-21-46)47(39)34-16-14-30(49)24-36(34)53-45(47)62)43(60)52-31-15-17-35(51-25-31)41(58)50-22-6-1-3-9-27-10-8-13-32-33(27)26-56(44(32)61)37-18-19-38(57)54-42(37)59/h7-8,10-17,23-25,37,39-40,55H,1-2,4-6,18-22,26H2,(H,50,58)(H,52,60)(H,53,62)(H,54,57,59)/t37?,39-,40+,47+/m0/s1. The Morgan fingerprint density at radius 1 is 0.919 bits per heavy atom. The molecular formula is C47H43Cl2N7O6. The van der Waals surface area contributed by atoms with Crippen LogP contribution in [0.2, 0.25) is 10.0 Å². The van der Waals surface area contributed by atoms with Gasteiger partial charge in [-0.3, -0.25) is 39.4 Å². The molecular weight excluding hydrogens is 829 g/mol. The smallest absolute Gasteiger partial charge is 0.269 e. The first-order valence-corrected chi connectivity index (χ1v) is 21.7. The maximum atomic E-state index is 14.6. The Bertz CT molecular complexity index is 2600. The van der Waals surface area contributed by atoms with E-state index in [-0.39, 0.29) is 54.6 Å². The number of benzene rings is 3. The van der Waals surface area contributed by atoms with Gasteiger partial charge in [-0.05, 0) is 90.9 Å². The normalized spacial score (nSPS) is 23.3. The lowest BCUT2D eigenvalue weighted by Crippen LogP contribution is -2.60. The van der Waals surface area contributed by atoms with Crippen molar-refractivity contribution in [2.24, 2.45) is 0 Å². The van der Waals surface area contributed by atoms with Crippen LogP contribution in [0.25, 0.3) is 0 Å². The molecule has 1 saturated carbocycles. The van der Waals surface area contributed by atoms with Crippen molar-refractivity contribution in [3.05, 3.63) is 123 Å². The van der Waals surface area contributed by atoms with Crippen LogP contribution in [0, 0.1) is 11.8 Å². The molecule has 9 rings (SSSR count). The molecule has 3 aromatic carbocycles. The number of amides is 6. The van der Waals surface area contributed by atoms with Gasteiger partial charge in [0.1, 0.15) is 17.2 Å². The van der Waals surface area contributed by atoms with Crippen molar-refractivity contribution in [1.82, 2.24) is 25.8 Å². The van der Waals surface area contributed by atoms with Gasteiger partial charge >= 0.3 is 0 Å². The van der Waals surface area contributed by atoms with E-state index in [1.165, 1.54) is 11.1 Å². The van der Waals surface area contributed by atoms with Gasteiger partial charge in [0.2, 0.25) is 23.6 Å². The van der Waals surface area contributed by atoms with Crippen molar-refractivity contribution in [1.29, 1.82) is 0 Å². The molecule has 1 unspecified atom stereocenters. The fraction of sp³-hybridized carbons (Fsp3) is 0.340. The number of nitrogens with one attached hydrogen (secondary N) is 5. The Balaban J connectivity index is 0.849. The molecule has 4 aliphatic heterocycles. The molecule has 2 spiro atoms. The van der Waals surface area contributed by atoms with E-state index in [9.17, 15) is 28.8 Å². The minimum Gasteiger partial charge on any atom is -0.351 e. The molecule has 4 atom stereocenters. The summed E-state index contributed by atoms with van der Waals surface area (Å²) in [6, 6.07) is 19.8. The van der Waals surface area contributed by atoms with E-state index >= 15 is 0 Å². The summed E-state index contributed by atoms with van der Waals surface area (Å²) < 4.78 is 0. The molecule has 1 aliphatic carbocycles. The molecule has 3 fully saturated rings. The van der Waals surface area contributed by atoms with E-state index in [0.29, 0.717) is 64.8 Å². The van der Waals surface area contributed by atoms with Crippen LogP contribution in [0.1, 0.15) is 107 Å². The minimum atomic E-state index is -1.13. The van der Waals surface area contributed by atoms with Gasteiger partial charge in [-0.15, -0.1) is 0 Å². The lowest BCUT2D eigenvalue weighted by atomic mass is 9.55. The molecule has 5 aliphatic rings. The zero-order valence-corrected chi connectivity index (χ0v) is 35.1. The molecule has 316 valence electrons. The second-order valence-corrected chi connectivity index (χ2v) is 17.4. The Morgan fingerprint density at radius 2 is 1.73 bits per heavy atom. The maximum absolute atomic E-state index is 14.6. The van der Waals surface area contributed by atoms with Gasteiger partial charge < -0.3 is 20.9 Å². The molecule has 15 heteroatoms. The molecule has 62 heavy (non-hydrogen) atoms. The lowest BCUT2D eigenvalue weighted by molar-refractivity contribution is -0.137. The monoisotopic (exact) mass is 871 g/mol. The predicted molar refractivity (Wildman–Crippen MR) is 232 cm³/mol. The second-order valence-electron chi connectivity index (χ2n) is 16.6. The summed E-state index contributed by atoms with van der Waals surface area (Å²) in [5, 5.41) is 16.1. The largest absolute Gasteiger partial charge is 0.351 e. The zero-order chi connectivity index (χ0) is 43.2. The molecule has 13 nitrogen and oxygen atoms in total. The fourth-order valence-electron chi connectivity index (χ4n) is 10.3. The lowest BCUT2D eigenvalue weighted by Gasteiger charge is -2.47. The Hall–Kier alpha value is -6.07. The van der Waals surface area contributed by atoms with Crippen molar-refractivity contribution < 1.29 is 28.8 Å². The number of aromatic nitrogens is 1. The summed E-state index contributed by atoms with van der Waals surface area (Å²) in [4.78, 5) is 85.2. The first kappa shape index (κ1) is 41.3. The molecule has 6 amide bonds. The van der Waals surface area contributed by atoms with E-state index in [2.05, 4.69) is 43.4 Å². The number of unbranched alkanes of at least 4 members (excludes halogenated alkanes) is 1. The second kappa shape index (κ2) is 16.7. The Labute approximate surface area is 368 Å². The molecule has 5 heterocycles. The van der Waals surface area contributed by atoms with Crippen LogP contribution in [0.15, 0.2) is 79.0 Å². The number of rotatable bonds is 8. The molecule has 5 N–H and O–H groups in total. The fourth-order valence-corrected chi connectivity index (χ4v) is 10.7. The maximum Gasteiger partial charge on any atom is 0.269 e. The van der Waals surface area contributed by atoms with Gasteiger partial charge in [-0.1, -0.05) is 78.6 Å². The van der Waals surface area contributed by atoms with Crippen molar-refractivity contribution in [3.63, 3.8) is 0 Å². The number of carbonyl (C=O) groups excluding carboxylic acids is 6. The third-order valence-corrected chi connectivity index (χ3v) is 13.5. The average molecular weight is 873 g/mol. The van der Waals surface area contributed by atoms with E-state index < -0.39 is 34.9 Å². The van der Waals surface area contributed by atoms with Crippen LogP contribution in [0.5, 0.6) is 0 Å². The SMILES string of the molecule is O=C1CCC(N2Cc3c(C#CCCCNC(=O)c4ccc(NC(=O)[C@@H]5NC6(CCCCC6)[C@@]6(C(=O)Nc7cc(Cl)ccc76)[C@H]5c5cccc(Cl)c5)cn4)cccc3C2=O)C(=O)N1. The van der Waals surface area contributed by atoms with Gasteiger partial charge in [0.25, 0.3) is 11.8 Å². The molecule has 1 aromatic heterocycles. The summed E-state index contributed by atoms with van der Waals surface area (Å²) in [5.74, 6) is 3.70. The Morgan fingerprint density at radius 3 is 2.50 bits per heavy atom. The third kappa shape index (κ3) is 7.19. The average Bonchev–Trinajstić information content (AvgIpc) is 3.86. The number of pyridine rings is 1. The highest BCUT2D eigenvalue weighted by molar-refractivity contribution is 6.31. The van der Waals surface area contributed by atoms with Gasteiger partial charge in [0, 0.05) is 64.2 Å². The summed E-state index contributed by atoms with van der Waals surface area (Å²) in [6.07, 6.45) is 7.17. The van der Waals surface area contributed by atoms with Crippen LogP contribution in [0.4, 0.5) is 11.4 Å². The van der Waals surface area contributed by atoms with E-state index in [1.54, 1.807) is 42.5 Å². The first-order chi connectivity index (χ1) is 30.0. The number of piperidine rings is 1. The third-order valence-electron chi connectivity index (χ3n) is 13.0. The van der Waals surface area contributed by atoms with Crippen molar-refractivity contribution in [2.75, 3.05) is 17.2 Å². The van der Waals surface area contributed by atoms with Crippen molar-refractivity contribution in [2.45, 2.75) is 93.3 Å². The predicted octanol–water partition coefficient (Wildman–Crippen LogP) is 6.00. The van der Waals surface area contributed by atoms with Gasteiger partial charge in [0.05, 0.1) is 17.9 Å². The summed E-state index contributed by atoms with van der Waals surface area (Å²) in [5.41, 5.74) is 2.88. The number of imide groups is 1. The van der Waals surface area contributed by atoms with Gasteiger partial charge in [-0.25, -0.2) is 4.98 Å². The number of carbonyl (C=O) groups is 6. The van der Waals surface area contributed by atoms with Crippen LogP contribution >= 0.6 is 23.2 Å². The van der Waals surface area contributed by atoms with Crippen molar-refractivity contribution in [3.8, 4) is 11.8 Å². The zero-order valence-electron chi connectivity index (χ0n) is 33.6. The number of nitrogens with zero attached hydrogens (tertiary/aromatic N) is 2. The van der Waals surface area contributed by atoms with Gasteiger partial charge in [0.15, 0.2) is 0 Å². The molecule has 2 saturated heterocycles. The van der Waals surface area contributed by atoms with E-state index in [4.69, 9.17) is 23.2 Å². The topological polar surface area (TPSA) is 179 Å².